The van der Waals surface area contributed by atoms with E-state index in [2.05, 4.69) is 28.6 Å². The van der Waals surface area contributed by atoms with Gasteiger partial charge in [-0.25, -0.2) is 9.50 Å². The van der Waals surface area contributed by atoms with Gasteiger partial charge in [0.1, 0.15) is 11.4 Å². The van der Waals surface area contributed by atoms with Crippen LogP contribution >= 0.6 is 0 Å². The highest BCUT2D eigenvalue weighted by molar-refractivity contribution is 5.91. The van der Waals surface area contributed by atoms with E-state index in [1.807, 2.05) is 42.2 Å². The molecule has 1 aliphatic carbocycles. The number of hydrogen-bond acceptors (Lipinski definition) is 5. The van der Waals surface area contributed by atoms with Crippen LogP contribution in [-0.4, -0.2) is 50.4 Å². The number of imidazole rings is 1. The first kappa shape index (κ1) is 25.0. The molecule has 1 fully saturated rings. The van der Waals surface area contributed by atoms with E-state index in [9.17, 15) is 9.59 Å². The standard InChI is InChI=1S/C31H32N6O2/c1-2-6-28(38)36-17-15-23(16-18-36)33-25-12-10-21-19-22(9-11-24(21)25)29-30(20-7-4-3-5-8-20)37-27(34-29)14-13-26(35-37)31(32)39/h2-9,11,13-14,19,23,25,33H,10,12,15-18H2,1H3,(H2,32,39)/b6-2+/t25-/m0/s1. The quantitative estimate of drug-likeness (QED) is 0.369. The van der Waals surface area contributed by atoms with Gasteiger partial charge in [-0.15, -0.1) is 0 Å². The van der Waals surface area contributed by atoms with Crippen LogP contribution in [0.5, 0.6) is 0 Å². The van der Waals surface area contributed by atoms with E-state index in [1.54, 1.807) is 28.8 Å². The first-order valence-corrected chi connectivity index (χ1v) is 13.6. The molecule has 0 radical (unpaired) electrons. The van der Waals surface area contributed by atoms with Gasteiger partial charge in [0.15, 0.2) is 5.65 Å². The number of nitrogens with zero attached hydrogens (tertiary/aromatic N) is 4. The third kappa shape index (κ3) is 4.83. The molecule has 2 amide bonds. The molecule has 0 unspecified atom stereocenters. The summed E-state index contributed by atoms with van der Waals surface area (Å²) in [6.07, 6.45) is 7.44. The number of carbonyl (C=O) groups excluding carboxylic acids is 2. The summed E-state index contributed by atoms with van der Waals surface area (Å²) in [7, 11) is 0. The van der Waals surface area contributed by atoms with Gasteiger partial charge in [-0.05, 0) is 68.0 Å². The average Bonchev–Trinajstić information content (AvgIpc) is 3.54. The summed E-state index contributed by atoms with van der Waals surface area (Å²) < 4.78 is 1.72. The Morgan fingerprint density at radius 3 is 2.54 bits per heavy atom. The number of allylic oxidation sites excluding steroid dienone is 1. The smallest absolute Gasteiger partial charge is 0.269 e. The Labute approximate surface area is 227 Å². The van der Waals surface area contributed by atoms with Gasteiger partial charge in [0, 0.05) is 36.3 Å². The largest absolute Gasteiger partial charge is 0.364 e. The molecule has 1 aliphatic heterocycles. The Balaban J connectivity index is 1.27. The van der Waals surface area contributed by atoms with E-state index in [4.69, 9.17) is 10.7 Å². The lowest BCUT2D eigenvalue weighted by Crippen LogP contribution is -2.45. The molecule has 0 bridgehead atoms. The van der Waals surface area contributed by atoms with Crippen molar-refractivity contribution in [2.24, 2.45) is 5.73 Å². The molecule has 2 aromatic carbocycles. The number of rotatable bonds is 6. The second-order valence-corrected chi connectivity index (χ2v) is 10.3. The molecule has 198 valence electrons. The molecular weight excluding hydrogens is 488 g/mol. The molecular formula is C31H32N6O2. The van der Waals surface area contributed by atoms with Crippen molar-refractivity contribution >= 4 is 17.5 Å². The predicted octanol–water partition coefficient (Wildman–Crippen LogP) is 4.31. The molecule has 0 saturated carbocycles. The molecule has 39 heavy (non-hydrogen) atoms. The lowest BCUT2D eigenvalue weighted by molar-refractivity contribution is -0.127. The van der Waals surface area contributed by atoms with Gasteiger partial charge in [-0.3, -0.25) is 9.59 Å². The van der Waals surface area contributed by atoms with Crippen molar-refractivity contribution in [3.8, 4) is 22.5 Å². The summed E-state index contributed by atoms with van der Waals surface area (Å²) in [4.78, 5) is 30.9. The van der Waals surface area contributed by atoms with Crippen LogP contribution in [0.3, 0.4) is 0 Å². The summed E-state index contributed by atoms with van der Waals surface area (Å²) in [5, 5.41) is 8.39. The van der Waals surface area contributed by atoms with E-state index in [0.717, 1.165) is 61.3 Å². The molecule has 2 aliphatic rings. The second-order valence-electron chi connectivity index (χ2n) is 10.3. The zero-order valence-electron chi connectivity index (χ0n) is 22.0. The number of aryl methyl sites for hydroxylation is 1. The van der Waals surface area contributed by atoms with Gasteiger partial charge in [0.25, 0.3) is 5.91 Å². The Morgan fingerprint density at radius 2 is 1.79 bits per heavy atom. The zero-order chi connectivity index (χ0) is 26.9. The van der Waals surface area contributed by atoms with Crippen LogP contribution in [0.2, 0.25) is 0 Å². The third-order valence-electron chi connectivity index (χ3n) is 7.82. The lowest BCUT2D eigenvalue weighted by Gasteiger charge is -2.33. The van der Waals surface area contributed by atoms with Crippen molar-refractivity contribution in [2.75, 3.05) is 13.1 Å². The van der Waals surface area contributed by atoms with Gasteiger partial charge in [-0.2, -0.15) is 5.10 Å². The van der Waals surface area contributed by atoms with Gasteiger partial charge >= 0.3 is 0 Å². The van der Waals surface area contributed by atoms with E-state index in [-0.39, 0.29) is 11.6 Å². The van der Waals surface area contributed by atoms with Crippen LogP contribution < -0.4 is 11.1 Å². The number of primary amides is 1. The number of carbonyl (C=O) groups is 2. The number of aromatic nitrogens is 3. The lowest BCUT2D eigenvalue weighted by atomic mass is 9.99. The highest BCUT2D eigenvalue weighted by atomic mass is 16.2. The number of likely N-dealkylation sites (tertiary alicyclic amines) is 1. The van der Waals surface area contributed by atoms with Crippen molar-refractivity contribution in [3.05, 3.63) is 89.6 Å². The number of benzene rings is 2. The van der Waals surface area contributed by atoms with Crippen LogP contribution in [0.1, 0.15) is 53.8 Å². The molecule has 4 aromatic rings. The maximum Gasteiger partial charge on any atom is 0.269 e. The van der Waals surface area contributed by atoms with Crippen LogP contribution in [0.25, 0.3) is 28.2 Å². The molecule has 8 nitrogen and oxygen atoms in total. The Bertz CT molecular complexity index is 1570. The van der Waals surface area contributed by atoms with E-state index >= 15 is 0 Å². The molecule has 6 rings (SSSR count). The Hall–Kier alpha value is -4.30. The summed E-state index contributed by atoms with van der Waals surface area (Å²) in [6.45, 7) is 3.46. The van der Waals surface area contributed by atoms with Gasteiger partial charge in [0.05, 0.1) is 5.69 Å². The number of amides is 2. The van der Waals surface area contributed by atoms with Crippen molar-refractivity contribution in [1.29, 1.82) is 0 Å². The van der Waals surface area contributed by atoms with Crippen molar-refractivity contribution in [1.82, 2.24) is 24.8 Å². The predicted molar refractivity (Wildman–Crippen MR) is 151 cm³/mol. The first-order chi connectivity index (χ1) is 19.0. The number of hydrogen-bond donors (Lipinski definition) is 2. The molecule has 1 saturated heterocycles. The maximum atomic E-state index is 12.2. The van der Waals surface area contributed by atoms with E-state index < -0.39 is 5.91 Å². The van der Waals surface area contributed by atoms with E-state index in [1.165, 1.54) is 11.1 Å². The Kier molecular flexibility index (Phi) is 6.70. The molecule has 8 heteroatoms. The van der Waals surface area contributed by atoms with Crippen LogP contribution in [0.15, 0.2) is 72.8 Å². The number of nitrogens with one attached hydrogen (secondary N) is 1. The minimum absolute atomic E-state index is 0.109. The SMILES string of the molecule is C/C=C/C(=O)N1CCC(N[C@H]2CCc3cc(-c4nc5ccc(C(N)=O)nn5c4-c4ccccc4)ccc32)CC1. The van der Waals surface area contributed by atoms with Crippen LogP contribution in [0.4, 0.5) is 0 Å². The molecule has 1 atom stereocenters. The monoisotopic (exact) mass is 520 g/mol. The minimum Gasteiger partial charge on any atom is -0.364 e. The van der Waals surface area contributed by atoms with Crippen LogP contribution in [0, 0.1) is 0 Å². The highest BCUT2D eigenvalue weighted by Gasteiger charge is 2.29. The summed E-state index contributed by atoms with van der Waals surface area (Å²) in [6, 6.07) is 20.7. The summed E-state index contributed by atoms with van der Waals surface area (Å²) in [5.74, 6) is -0.463. The summed E-state index contributed by atoms with van der Waals surface area (Å²) in [5.41, 5.74) is 12.7. The zero-order valence-corrected chi connectivity index (χ0v) is 22.0. The highest BCUT2D eigenvalue weighted by Crippen LogP contribution is 2.38. The first-order valence-electron chi connectivity index (χ1n) is 13.6. The Morgan fingerprint density at radius 1 is 1.00 bits per heavy atom. The number of nitrogens with two attached hydrogens (primary N) is 1. The normalized spacial score (nSPS) is 17.7. The van der Waals surface area contributed by atoms with Gasteiger partial charge in [0.2, 0.25) is 5.91 Å². The minimum atomic E-state index is -0.572. The van der Waals surface area contributed by atoms with Crippen LogP contribution in [-0.2, 0) is 11.2 Å². The molecule has 2 aromatic heterocycles. The van der Waals surface area contributed by atoms with Gasteiger partial charge in [-0.1, -0.05) is 48.5 Å². The van der Waals surface area contributed by atoms with Gasteiger partial charge < -0.3 is 16.0 Å². The fourth-order valence-corrected chi connectivity index (χ4v) is 5.86. The van der Waals surface area contributed by atoms with E-state index in [0.29, 0.717) is 17.7 Å². The molecule has 3 heterocycles. The number of piperidine rings is 1. The topological polar surface area (TPSA) is 106 Å². The second kappa shape index (κ2) is 10.5. The van der Waals surface area contributed by atoms with Crippen molar-refractivity contribution < 1.29 is 9.59 Å². The molecule has 3 N–H and O–H groups in total. The van der Waals surface area contributed by atoms with Crippen molar-refractivity contribution in [2.45, 2.75) is 44.7 Å². The fourth-order valence-electron chi connectivity index (χ4n) is 5.86. The average molecular weight is 521 g/mol. The number of fused-ring (bicyclic) bond motifs is 2. The molecule has 0 spiro atoms. The fraction of sp³-hybridized carbons (Fsp3) is 0.290. The maximum absolute atomic E-state index is 12.2. The third-order valence-corrected chi connectivity index (χ3v) is 7.82. The van der Waals surface area contributed by atoms with Crippen molar-refractivity contribution in [3.63, 3.8) is 0 Å². The summed E-state index contributed by atoms with van der Waals surface area (Å²) >= 11 is 0.